The Morgan fingerprint density at radius 3 is 2.33 bits per heavy atom. The van der Waals surface area contributed by atoms with Gasteiger partial charge in [0.25, 0.3) is 0 Å². The van der Waals surface area contributed by atoms with Crippen LogP contribution in [-0.4, -0.2) is 94.9 Å². The van der Waals surface area contributed by atoms with Crippen LogP contribution < -0.4 is 14.2 Å². The molecule has 11 heteroatoms. The summed E-state index contributed by atoms with van der Waals surface area (Å²) in [5.41, 5.74) is 2.41. The van der Waals surface area contributed by atoms with Crippen LogP contribution in [0.4, 0.5) is 4.79 Å². The van der Waals surface area contributed by atoms with Crippen molar-refractivity contribution in [2.45, 2.75) is 83.8 Å². The van der Waals surface area contributed by atoms with Gasteiger partial charge in [-0.2, -0.15) is 0 Å². The lowest BCUT2D eigenvalue weighted by Gasteiger charge is -2.44. The monoisotopic (exact) mass is 785 g/mol. The van der Waals surface area contributed by atoms with Crippen molar-refractivity contribution in [1.82, 2.24) is 4.90 Å². The number of hydrogen-bond donors (Lipinski definition) is 0. The predicted octanol–water partition coefficient (Wildman–Crippen LogP) is 8.55. The summed E-state index contributed by atoms with van der Waals surface area (Å²) >= 11 is 0. The van der Waals surface area contributed by atoms with Crippen molar-refractivity contribution in [2.75, 3.05) is 60.3 Å². The first-order chi connectivity index (χ1) is 27.4. The number of rotatable bonds is 17. The van der Waals surface area contributed by atoms with E-state index in [9.17, 15) is 4.79 Å². The molecule has 0 aliphatic carbocycles. The van der Waals surface area contributed by atoms with E-state index in [1.54, 1.807) is 19.1 Å². The molecule has 0 bridgehead atoms. The average Bonchev–Trinajstić information content (AvgIpc) is 3.55. The van der Waals surface area contributed by atoms with E-state index in [2.05, 4.69) is 24.3 Å². The smallest absolute Gasteiger partial charge is 0.410 e. The predicted molar refractivity (Wildman–Crippen MR) is 218 cm³/mol. The zero-order valence-electron chi connectivity index (χ0n) is 34.5. The Morgan fingerprint density at radius 1 is 0.842 bits per heavy atom. The number of hydrogen-bond acceptors (Lipinski definition) is 10. The highest BCUT2D eigenvalue weighted by molar-refractivity contribution is 5.89. The number of piperidine rings is 1. The molecule has 2 saturated heterocycles. The van der Waals surface area contributed by atoms with Gasteiger partial charge in [-0.15, -0.1) is 0 Å². The third kappa shape index (κ3) is 11.8. The number of methoxy groups -OCH3 is 2. The van der Waals surface area contributed by atoms with E-state index in [1.165, 1.54) is 0 Å². The van der Waals surface area contributed by atoms with Gasteiger partial charge in [-0.3, -0.25) is 0 Å². The highest BCUT2D eigenvalue weighted by Crippen LogP contribution is 2.38. The second-order valence-electron chi connectivity index (χ2n) is 16.2. The fourth-order valence-corrected chi connectivity index (χ4v) is 7.51. The molecule has 1 amide bonds. The van der Waals surface area contributed by atoms with E-state index < -0.39 is 11.4 Å². The van der Waals surface area contributed by atoms with Crippen LogP contribution in [-0.2, 0) is 41.6 Å². The normalized spacial score (nSPS) is 20.7. The minimum Gasteiger partial charge on any atom is -0.496 e. The van der Waals surface area contributed by atoms with Gasteiger partial charge in [0, 0.05) is 35.8 Å². The first kappa shape index (κ1) is 42.2. The molecular formula is C46H59NO10. The van der Waals surface area contributed by atoms with Crippen molar-refractivity contribution < 1.29 is 47.4 Å². The first-order valence-corrected chi connectivity index (χ1v) is 19.9. The summed E-state index contributed by atoms with van der Waals surface area (Å²) < 4.78 is 54.1. The Labute approximate surface area is 337 Å². The Kier molecular flexibility index (Phi) is 14.3. The number of amides is 1. The number of benzene rings is 4. The Balaban J connectivity index is 1.18. The lowest BCUT2D eigenvalue weighted by atomic mass is 9.78. The molecule has 4 aromatic carbocycles. The number of likely N-dealkylation sites (tertiary alicyclic amines) is 1. The Bertz CT molecular complexity index is 1890. The molecule has 2 aliphatic rings. The summed E-state index contributed by atoms with van der Waals surface area (Å²) in [5.74, 6) is 1.50. The summed E-state index contributed by atoms with van der Waals surface area (Å²) in [6, 6.07) is 28.3. The maximum atomic E-state index is 13.6. The van der Waals surface area contributed by atoms with Gasteiger partial charge in [0.2, 0.25) is 0 Å². The largest absolute Gasteiger partial charge is 0.496 e. The summed E-state index contributed by atoms with van der Waals surface area (Å²) in [4.78, 5) is 15.4. The number of nitrogens with zero attached hydrogens (tertiary/aromatic N) is 1. The van der Waals surface area contributed by atoms with Gasteiger partial charge in [0.15, 0.2) is 5.79 Å². The van der Waals surface area contributed by atoms with E-state index in [1.807, 2.05) is 95.3 Å². The molecule has 4 atom stereocenters. The summed E-state index contributed by atoms with van der Waals surface area (Å²) in [5, 5.41) is 2.10. The number of ether oxygens (including phenoxy) is 9. The molecule has 11 nitrogen and oxygen atoms in total. The Hall–Kier alpha value is -4.39. The van der Waals surface area contributed by atoms with Gasteiger partial charge in [0.05, 0.1) is 73.1 Å². The first-order valence-electron chi connectivity index (χ1n) is 19.9. The number of carbonyl (C=O) groups excluding carboxylic acids is 1. The van der Waals surface area contributed by atoms with Crippen LogP contribution >= 0.6 is 0 Å². The fourth-order valence-electron chi connectivity index (χ4n) is 7.51. The van der Waals surface area contributed by atoms with Gasteiger partial charge in [-0.1, -0.05) is 54.6 Å². The lowest BCUT2D eigenvalue weighted by molar-refractivity contribution is -0.146. The van der Waals surface area contributed by atoms with Crippen LogP contribution in [0.2, 0.25) is 0 Å². The SMILES string of the molecule is COc1ccccc1COCCCOc1ccc([C@H]2[C@H](COC[C@H]3COC(C)(C)O3)CN(C(=O)OC(C)(C)C)C[C@@H]2OCc2cc(OC)c3ccccc3c2)cc1. The van der Waals surface area contributed by atoms with Gasteiger partial charge in [-0.25, -0.2) is 4.79 Å². The van der Waals surface area contributed by atoms with Crippen molar-refractivity contribution in [3.05, 3.63) is 102 Å². The quantitative estimate of drug-likeness (QED) is 0.0968. The van der Waals surface area contributed by atoms with Gasteiger partial charge < -0.3 is 47.5 Å². The van der Waals surface area contributed by atoms with E-state index in [0.717, 1.165) is 51.1 Å². The van der Waals surface area contributed by atoms with Crippen LogP contribution in [0.25, 0.3) is 10.8 Å². The fraction of sp³-hybridized carbons (Fsp3) is 0.500. The van der Waals surface area contributed by atoms with Crippen LogP contribution in [0, 0.1) is 5.92 Å². The van der Waals surface area contributed by atoms with E-state index in [-0.39, 0.29) is 30.1 Å². The molecule has 2 aliphatic heterocycles. The van der Waals surface area contributed by atoms with Crippen molar-refractivity contribution in [3.63, 3.8) is 0 Å². The maximum absolute atomic E-state index is 13.6. The highest BCUT2D eigenvalue weighted by atomic mass is 16.7. The standard InChI is InChI=1S/C46H59NO10/c1-45(2,3)57-44(48)47-25-36(29-52-30-38-31-55-46(4,5)56-38)43(42(26-47)54-27-32-23-34-13-8-10-15-39(34)41(24-32)50-7)33-17-19-37(20-18-33)53-22-12-21-51-28-35-14-9-11-16-40(35)49-6/h8-11,13-20,23-24,36,38,42-43H,12,21-22,25-31H2,1-7H3/t36-,38-,42-,43-/m0/s1. The van der Waals surface area contributed by atoms with Crippen LogP contribution in [0.3, 0.4) is 0 Å². The summed E-state index contributed by atoms with van der Waals surface area (Å²) in [7, 11) is 3.35. The van der Waals surface area contributed by atoms with Crippen LogP contribution in [0.1, 0.15) is 63.6 Å². The summed E-state index contributed by atoms with van der Waals surface area (Å²) in [6.07, 6.45) is -0.199. The number of fused-ring (bicyclic) bond motifs is 1. The highest BCUT2D eigenvalue weighted by Gasteiger charge is 2.42. The maximum Gasteiger partial charge on any atom is 0.410 e. The number of carbonyl (C=O) groups is 1. The average molecular weight is 786 g/mol. The van der Waals surface area contributed by atoms with E-state index in [4.69, 9.17) is 42.6 Å². The molecule has 6 rings (SSSR count). The second kappa shape index (κ2) is 19.4. The van der Waals surface area contributed by atoms with Crippen molar-refractivity contribution in [1.29, 1.82) is 0 Å². The third-order valence-corrected chi connectivity index (χ3v) is 10.1. The van der Waals surface area contributed by atoms with E-state index >= 15 is 0 Å². The molecule has 0 radical (unpaired) electrons. The minimum absolute atomic E-state index is 0.111. The zero-order valence-corrected chi connectivity index (χ0v) is 34.5. The Morgan fingerprint density at radius 2 is 1.60 bits per heavy atom. The molecule has 0 unspecified atom stereocenters. The van der Waals surface area contributed by atoms with E-state index in [0.29, 0.717) is 59.3 Å². The number of para-hydroxylation sites is 1. The molecule has 2 fully saturated rings. The van der Waals surface area contributed by atoms with Crippen LogP contribution in [0.5, 0.6) is 17.2 Å². The molecule has 0 spiro atoms. The molecule has 0 N–H and O–H groups in total. The van der Waals surface area contributed by atoms with Crippen LogP contribution in [0.15, 0.2) is 84.9 Å². The second-order valence-corrected chi connectivity index (χ2v) is 16.2. The molecule has 2 heterocycles. The van der Waals surface area contributed by atoms with Crippen molar-refractivity contribution in [3.8, 4) is 17.2 Å². The molecule has 308 valence electrons. The molecule has 0 aromatic heterocycles. The van der Waals surface area contributed by atoms with Gasteiger partial charge in [0.1, 0.15) is 29.0 Å². The molecule has 57 heavy (non-hydrogen) atoms. The van der Waals surface area contributed by atoms with Crippen molar-refractivity contribution in [2.24, 2.45) is 5.92 Å². The third-order valence-electron chi connectivity index (χ3n) is 10.1. The van der Waals surface area contributed by atoms with Gasteiger partial charge in [-0.05, 0) is 81.5 Å². The lowest BCUT2D eigenvalue weighted by Crippen LogP contribution is -2.53. The topological polar surface area (TPSA) is 103 Å². The van der Waals surface area contributed by atoms with Crippen molar-refractivity contribution >= 4 is 16.9 Å². The minimum atomic E-state index is -0.651. The molecule has 0 saturated carbocycles. The molecule has 4 aromatic rings. The zero-order chi connectivity index (χ0) is 40.4. The van der Waals surface area contributed by atoms with Gasteiger partial charge >= 0.3 is 6.09 Å². The molecular weight excluding hydrogens is 727 g/mol. The summed E-state index contributed by atoms with van der Waals surface area (Å²) in [6.45, 7) is 13.3.